The van der Waals surface area contributed by atoms with Crippen molar-refractivity contribution in [3.63, 3.8) is 0 Å². The molecular formula is C16H30N2O2. The summed E-state index contributed by atoms with van der Waals surface area (Å²) in [7, 11) is 0. The van der Waals surface area contributed by atoms with Gasteiger partial charge in [0.25, 0.3) is 0 Å². The van der Waals surface area contributed by atoms with Crippen molar-refractivity contribution in [1.82, 2.24) is 10.2 Å². The first kappa shape index (κ1) is 14.8. The molecule has 4 nitrogen and oxygen atoms in total. The van der Waals surface area contributed by atoms with E-state index in [1.54, 1.807) is 0 Å². The average molecular weight is 282 g/mol. The summed E-state index contributed by atoms with van der Waals surface area (Å²) in [4.78, 5) is 2.57. The van der Waals surface area contributed by atoms with Crippen LogP contribution in [-0.2, 0) is 9.47 Å². The highest BCUT2D eigenvalue weighted by molar-refractivity contribution is 4.86. The molecule has 0 radical (unpaired) electrons. The molecule has 2 heterocycles. The zero-order chi connectivity index (χ0) is 13.8. The molecule has 116 valence electrons. The molecule has 3 fully saturated rings. The second-order valence-corrected chi connectivity index (χ2v) is 6.72. The molecule has 1 spiro atoms. The van der Waals surface area contributed by atoms with Crippen molar-refractivity contribution in [2.24, 2.45) is 5.92 Å². The van der Waals surface area contributed by atoms with Crippen LogP contribution in [0.4, 0.5) is 0 Å². The number of hydrogen-bond acceptors (Lipinski definition) is 4. The summed E-state index contributed by atoms with van der Waals surface area (Å²) >= 11 is 0. The number of nitrogens with zero attached hydrogens (tertiary/aromatic N) is 1. The minimum absolute atomic E-state index is 0.186. The van der Waals surface area contributed by atoms with E-state index >= 15 is 0 Å². The van der Waals surface area contributed by atoms with Gasteiger partial charge in [0.2, 0.25) is 0 Å². The number of piperidine rings is 1. The van der Waals surface area contributed by atoms with Crippen LogP contribution in [0.25, 0.3) is 0 Å². The van der Waals surface area contributed by atoms with E-state index in [1.165, 1.54) is 45.3 Å². The summed E-state index contributed by atoms with van der Waals surface area (Å²) in [6.07, 6.45) is 7.70. The number of rotatable bonds is 5. The Morgan fingerprint density at radius 1 is 1.20 bits per heavy atom. The van der Waals surface area contributed by atoms with Crippen molar-refractivity contribution < 1.29 is 9.47 Å². The predicted molar refractivity (Wildman–Crippen MR) is 79.7 cm³/mol. The van der Waals surface area contributed by atoms with Gasteiger partial charge < -0.3 is 19.7 Å². The molecule has 1 aliphatic carbocycles. The fourth-order valence-electron chi connectivity index (χ4n) is 3.89. The van der Waals surface area contributed by atoms with Gasteiger partial charge in [0.05, 0.1) is 12.7 Å². The van der Waals surface area contributed by atoms with E-state index in [2.05, 4.69) is 17.1 Å². The van der Waals surface area contributed by atoms with Crippen LogP contribution >= 0.6 is 0 Å². The Kier molecular flexibility index (Phi) is 4.97. The number of likely N-dealkylation sites (tertiary alicyclic amines) is 1. The van der Waals surface area contributed by atoms with Gasteiger partial charge in [-0.2, -0.15) is 0 Å². The summed E-state index contributed by atoms with van der Waals surface area (Å²) in [5.41, 5.74) is 0. The van der Waals surface area contributed by atoms with E-state index in [0.29, 0.717) is 6.10 Å². The van der Waals surface area contributed by atoms with Gasteiger partial charge in [0.1, 0.15) is 0 Å². The Hall–Kier alpha value is -0.160. The molecule has 3 rings (SSSR count). The molecule has 0 aromatic rings. The van der Waals surface area contributed by atoms with E-state index in [9.17, 15) is 0 Å². The molecule has 0 aromatic heterocycles. The maximum Gasteiger partial charge on any atom is 0.168 e. The van der Waals surface area contributed by atoms with Crippen LogP contribution in [0.2, 0.25) is 0 Å². The average Bonchev–Trinajstić information content (AvgIpc) is 3.09. The Bertz CT molecular complexity index is 297. The fourth-order valence-corrected chi connectivity index (χ4v) is 3.89. The third kappa shape index (κ3) is 3.53. The molecule has 2 aliphatic heterocycles. The summed E-state index contributed by atoms with van der Waals surface area (Å²) in [6, 6.07) is 0. The molecular weight excluding hydrogens is 252 g/mol. The first-order chi connectivity index (χ1) is 9.80. The third-order valence-corrected chi connectivity index (χ3v) is 5.13. The van der Waals surface area contributed by atoms with E-state index in [4.69, 9.17) is 9.47 Å². The normalized spacial score (nSPS) is 31.4. The molecule has 1 N–H and O–H groups in total. The van der Waals surface area contributed by atoms with Crippen molar-refractivity contribution in [3.05, 3.63) is 0 Å². The lowest BCUT2D eigenvalue weighted by atomic mass is 9.96. The van der Waals surface area contributed by atoms with Gasteiger partial charge in [-0.1, -0.05) is 6.92 Å². The SMILES string of the molecule is CCNCC1CCN(CC2COC3(CCCC3)O2)CC1. The van der Waals surface area contributed by atoms with Gasteiger partial charge >= 0.3 is 0 Å². The highest BCUT2D eigenvalue weighted by Gasteiger charge is 2.44. The minimum Gasteiger partial charge on any atom is -0.347 e. The Morgan fingerprint density at radius 2 is 1.95 bits per heavy atom. The number of nitrogens with one attached hydrogen (secondary N) is 1. The highest BCUT2D eigenvalue weighted by atomic mass is 16.7. The highest BCUT2D eigenvalue weighted by Crippen LogP contribution is 2.39. The molecule has 1 unspecified atom stereocenters. The summed E-state index contributed by atoms with van der Waals surface area (Å²) in [6.45, 7) is 8.79. The van der Waals surface area contributed by atoms with Gasteiger partial charge in [0.15, 0.2) is 5.79 Å². The first-order valence-corrected chi connectivity index (χ1v) is 8.54. The van der Waals surface area contributed by atoms with Crippen molar-refractivity contribution in [1.29, 1.82) is 0 Å². The van der Waals surface area contributed by atoms with E-state index in [-0.39, 0.29) is 5.79 Å². The molecule has 20 heavy (non-hydrogen) atoms. The van der Waals surface area contributed by atoms with E-state index in [1.807, 2.05) is 0 Å². The quantitative estimate of drug-likeness (QED) is 0.836. The minimum atomic E-state index is -0.186. The molecule has 2 saturated heterocycles. The molecule has 1 saturated carbocycles. The second kappa shape index (κ2) is 6.73. The molecule has 1 atom stereocenters. The maximum absolute atomic E-state index is 6.23. The zero-order valence-electron chi connectivity index (χ0n) is 12.9. The summed E-state index contributed by atoms with van der Waals surface area (Å²) in [5.74, 6) is 0.682. The third-order valence-electron chi connectivity index (χ3n) is 5.13. The first-order valence-electron chi connectivity index (χ1n) is 8.54. The lowest BCUT2D eigenvalue weighted by molar-refractivity contribution is -0.163. The van der Waals surface area contributed by atoms with Gasteiger partial charge in [-0.25, -0.2) is 0 Å². The predicted octanol–water partition coefficient (Wildman–Crippen LogP) is 1.99. The van der Waals surface area contributed by atoms with Crippen molar-refractivity contribution in [2.75, 3.05) is 39.3 Å². The van der Waals surface area contributed by atoms with Crippen LogP contribution in [-0.4, -0.2) is 56.1 Å². The van der Waals surface area contributed by atoms with Gasteiger partial charge in [-0.05, 0) is 57.8 Å². The van der Waals surface area contributed by atoms with E-state index in [0.717, 1.165) is 38.5 Å². The maximum atomic E-state index is 6.23. The number of hydrogen-bond donors (Lipinski definition) is 1. The van der Waals surface area contributed by atoms with Crippen LogP contribution in [0, 0.1) is 5.92 Å². The smallest absolute Gasteiger partial charge is 0.168 e. The zero-order valence-corrected chi connectivity index (χ0v) is 12.9. The second-order valence-electron chi connectivity index (χ2n) is 6.72. The van der Waals surface area contributed by atoms with Crippen LogP contribution < -0.4 is 5.32 Å². The number of ether oxygens (including phenoxy) is 2. The van der Waals surface area contributed by atoms with Gasteiger partial charge in [-0.3, -0.25) is 0 Å². The van der Waals surface area contributed by atoms with Crippen LogP contribution in [0.3, 0.4) is 0 Å². The largest absolute Gasteiger partial charge is 0.347 e. The van der Waals surface area contributed by atoms with Gasteiger partial charge in [0, 0.05) is 19.4 Å². The van der Waals surface area contributed by atoms with Crippen molar-refractivity contribution in [3.8, 4) is 0 Å². The van der Waals surface area contributed by atoms with Gasteiger partial charge in [-0.15, -0.1) is 0 Å². The fraction of sp³-hybridized carbons (Fsp3) is 1.00. The molecule has 3 aliphatic rings. The standard InChI is InChI=1S/C16H30N2O2/c1-2-17-11-14-5-9-18(10-6-14)12-15-13-19-16(20-15)7-3-4-8-16/h14-15,17H,2-13H2,1H3. The summed E-state index contributed by atoms with van der Waals surface area (Å²) < 4.78 is 12.2. The molecule has 0 amide bonds. The van der Waals surface area contributed by atoms with Crippen molar-refractivity contribution in [2.45, 2.75) is 57.3 Å². The van der Waals surface area contributed by atoms with Crippen LogP contribution in [0.15, 0.2) is 0 Å². The van der Waals surface area contributed by atoms with Crippen molar-refractivity contribution >= 4 is 0 Å². The molecule has 0 aromatic carbocycles. The molecule has 0 bridgehead atoms. The Morgan fingerprint density at radius 3 is 2.65 bits per heavy atom. The van der Waals surface area contributed by atoms with Crippen LogP contribution in [0.5, 0.6) is 0 Å². The molecule has 4 heteroatoms. The van der Waals surface area contributed by atoms with Crippen LogP contribution in [0.1, 0.15) is 45.4 Å². The lowest BCUT2D eigenvalue weighted by Gasteiger charge is -2.33. The topological polar surface area (TPSA) is 33.7 Å². The monoisotopic (exact) mass is 282 g/mol. The Labute approximate surface area is 123 Å². The Balaban J connectivity index is 1.37. The lowest BCUT2D eigenvalue weighted by Crippen LogP contribution is -2.42. The summed E-state index contributed by atoms with van der Waals surface area (Å²) in [5, 5.41) is 3.48. The van der Waals surface area contributed by atoms with E-state index < -0.39 is 0 Å².